The maximum Gasteiger partial charge on any atom is 0.254 e. The zero-order valence-electron chi connectivity index (χ0n) is 13.8. The van der Waals surface area contributed by atoms with Crippen molar-refractivity contribution in [3.8, 4) is 0 Å². The lowest BCUT2D eigenvalue weighted by molar-refractivity contribution is -0.114. The highest BCUT2D eigenvalue weighted by atomic mass is 19.1. The molecule has 1 aromatic carbocycles. The summed E-state index contributed by atoms with van der Waals surface area (Å²) in [5, 5.41) is 5.61. The molecule has 2 atom stereocenters. The first-order chi connectivity index (χ1) is 11.4. The maximum atomic E-state index is 14.1. The van der Waals surface area contributed by atoms with Crippen LogP contribution in [-0.2, 0) is 4.79 Å². The van der Waals surface area contributed by atoms with E-state index in [4.69, 9.17) is 5.73 Å². The van der Waals surface area contributed by atoms with Crippen LogP contribution in [0.15, 0.2) is 18.2 Å². The molecule has 3 rings (SSSR count). The highest BCUT2D eigenvalue weighted by molar-refractivity contribution is 5.97. The van der Waals surface area contributed by atoms with Crippen molar-refractivity contribution in [2.45, 2.75) is 51.1 Å². The van der Waals surface area contributed by atoms with Gasteiger partial charge >= 0.3 is 0 Å². The Bertz CT molecular complexity index is 635. The highest BCUT2D eigenvalue weighted by Crippen LogP contribution is 2.39. The molecule has 4 N–H and O–H groups in total. The Hall–Kier alpha value is -1.95. The molecule has 2 saturated carbocycles. The molecule has 130 valence electrons. The number of nitrogens with two attached hydrogens (primary N) is 1. The van der Waals surface area contributed by atoms with Gasteiger partial charge in [-0.1, -0.05) is 6.42 Å². The molecule has 2 aliphatic rings. The van der Waals surface area contributed by atoms with Gasteiger partial charge in [0.15, 0.2) is 0 Å². The number of nitrogens with one attached hydrogen (secondary N) is 2. The van der Waals surface area contributed by atoms with Crippen molar-refractivity contribution >= 4 is 17.5 Å². The quantitative estimate of drug-likeness (QED) is 0.794. The molecule has 0 aliphatic heterocycles. The van der Waals surface area contributed by atoms with Gasteiger partial charge in [0.05, 0.1) is 5.56 Å². The minimum Gasteiger partial charge on any atom is -0.349 e. The summed E-state index contributed by atoms with van der Waals surface area (Å²) in [5.74, 6) is -0.517. The van der Waals surface area contributed by atoms with Crippen molar-refractivity contribution in [2.24, 2.45) is 17.6 Å². The molecular formula is C18H24FN3O2. The SMILES string of the molecule is CC(=O)Nc1ccc(F)c(C(=O)NC2C3CCCC2CC(N)C3)c1. The Morgan fingerprint density at radius 2 is 1.88 bits per heavy atom. The third-order valence-electron chi connectivity index (χ3n) is 5.21. The zero-order valence-corrected chi connectivity index (χ0v) is 13.8. The van der Waals surface area contributed by atoms with E-state index in [9.17, 15) is 14.0 Å². The van der Waals surface area contributed by atoms with E-state index in [1.807, 2.05) is 0 Å². The average molecular weight is 333 g/mol. The monoisotopic (exact) mass is 333 g/mol. The van der Waals surface area contributed by atoms with Crippen LogP contribution in [0.5, 0.6) is 0 Å². The van der Waals surface area contributed by atoms with Crippen molar-refractivity contribution in [1.82, 2.24) is 5.32 Å². The first-order valence-electron chi connectivity index (χ1n) is 8.57. The highest BCUT2D eigenvalue weighted by Gasteiger charge is 2.40. The smallest absolute Gasteiger partial charge is 0.254 e. The molecule has 0 heterocycles. The van der Waals surface area contributed by atoms with Crippen LogP contribution in [-0.4, -0.2) is 23.9 Å². The maximum absolute atomic E-state index is 14.1. The third-order valence-corrected chi connectivity index (χ3v) is 5.21. The van der Waals surface area contributed by atoms with Crippen LogP contribution in [0.4, 0.5) is 10.1 Å². The second kappa shape index (κ2) is 6.89. The second-order valence-corrected chi connectivity index (χ2v) is 7.06. The number of rotatable bonds is 3. The van der Waals surface area contributed by atoms with Crippen LogP contribution in [0.25, 0.3) is 0 Å². The minimum atomic E-state index is -0.584. The number of fused-ring (bicyclic) bond motifs is 2. The number of halogens is 1. The van der Waals surface area contributed by atoms with E-state index in [1.54, 1.807) is 0 Å². The van der Waals surface area contributed by atoms with Gasteiger partial charge in [-0.3, -0.25) is 9.59 Å². The zero-order chi connectivity index (χ0) is 17.3. The largest absolute Gasteiger partial charge is 0.349 e. The lowest BCUT2D eigenvalue weighted by Gasteiger charge is -2.45. The number of hydrogen-bond donors (Lipinski definition) is 3. The molecule has 1 aromatic rings. The van der Waals surface area contributed by atoms with Crippen LogP contribution in [0.2, 0.25) is 0 Å². The van der Waals surface area contributed by atoms with E-state index in [0.717, 1.165) is 25.7 Å². The standard InChI is InChI=1S/C18H24FN3O2/c1-10(23)21-14-5-6-16(19)15(9-14)18(24)22-17-11-3-2-4-12(17)8-13(20)7-11/h5-6,9,11-13,17H,2-4,7-8,20H2,1H3,(H,21,23)(H,22,24). The summed E-state index contributed by atoms with van der Waals surface area (Å²) >= 11 is 0. The van der Waals surface area contributed by atoms with Crippen molar-refractivity contribution in [3.05, 3.63) is 29.6 Å². The number of benzene rings is 1. The van der Waals surface area contributed by atoms with Gasteiger partial charge in [0.25, 0.3) is 5.91 Å². The summed E-state index contributed by atoms with van der Waals surface area (Å²) in [6.07, 6.45) is 5.11. The van der Waals surface area contributed by atoms with Crippen molar-refractivity contribution in [2.75, 3.05) is 5.32 Å². The van der Waals surface area contributed by atoms with Crippen LogP contribution in [0, 0.1) is 17.7 Å². The summed E-state index contributed by atoms with van der Waals surface area (Å²) in [6, 6.07) is 4.30. The minimum absolute atomic E-state index is 0.0332. The number of carbonyl (C=O) groups excluding carboxylic acids is 2. The Balaban J connectivity index is 1.76. The fourth-order valence-electron chi connectivity index (χ4n) is 4.23. The lowest BCUT2D eigenvalue weighted by Crippen LogP contribution is -2.53. The van der Waals surface area contributed by atoms with E-state index in [0.29, 0.717) is 17.5 Å². The molecule has 0 saturated heterocycles. The summed E-state index contributed by atoms with van der Waals surface area (Å²) < 4.78 is 14.1. The Morgan fingerprint density at radius 3 is 2.50 bits per heavy atom. The first kappa shape index (κ1) is 16.9. The number of carbonyl (C=O) groups is 2. The molecule has 2 bridgehead atoms. The first-order valence-corrected chi connectivity index (χ1v) is 8.57. The Morgan fingerprint density at radius 1 is 1.21 bits per heavy atom. The number of amides is 2. The molecule has 0 radical (unpaired) electrons. The van der Waals surface area contributed by atoms with Crippen LogP contribution in [0.1, 0.15) is 49.4 Å². The Kier molecular flexibility index (Phi) is 4.85. The summed E-state index contributed by atoms with van der Waals surface area (Å²) in [4.78, 5) is 23.7. The number of anilines is 1. The third kappa shape index (κ3) is 3.59. The lowest BCUT2D eigenvalue weighted by atomic mass is 9.67. The van der Waals surface area contributed by atoms with E-state index in [-0.39, 0.29) is 23.6 Å². The molecule has 6 heteroatoms. The normalized spacial score (nSPS) is 29.0. The van der Waals surface area contributed by atoms with E-state index >= 15 is 0 Å². The molecular weight excluding hydrogens is 309 g/mol. The molecule has 0 aromatic heterocycles. The fraction of sp³-hybridized carbons (Fsp3) is 0.556. The molecule has 5 nitrogen and oxygen atoms in total. The predicted molar refractivity (Wildman–Crippen MR) is 90.0 cm³/mol. The van der Waals surface area contributed by atoms with Crippen molar-refractivity contribution < 1.29 is 14.0 Å². The van der Waals surface area contributed by atoms with Crippen molar-refractivity contribution in [3.63, 3.8) is 0 Å². The predicted octanol–water partition coefficient (Wildman–Crippen LogP) is 2.42. The van der Waals surface area contributed by atoms with Crippen LogP contribution < -0.4 is 16.4 Å². The Labute approximate surface area is 141 Å². The summed E-state index contributed by atoms with van der Waals surface area (Å²) in [5.41, 5.74) is 6.49. The van der Waals surface area contributed by atoms with Gasteiger partial charge in [0, 0.05) is 24.7 Å². The fourth-order valence-corrected chi connectivity index (χ4v) is 4.23. The summed E-state index contributed by atoms with van der Waals surface area (Å²) in [7, 11) is 0. The van der Waals surface area contributed by atoms with Gasteiger partial charge in [-0.05, 0) is 55.7 Å². The molecule has 2 fully saturated rings. The van der Waals surface area contributed by atoms with Crippen LogP contribution >= 0.6 is 0 Å². The van der Waals surface area contributed by atoms with E-state index < -0.39 is 11.7 Å². The molecule has 24 heavy (non-hydrogen) atoms. The van der Waals surface area contributed by atoms with Crippen LogP contribution in [0.3, 0.4) is 0 Å². The van der Waals surface area contributed by atoms with Crippen molar-refractivity contribution in [1.29, 1.82) is 0 Å². The van der Waals surface area contributed by atoms with E-state index in [2.05, 4.69) is 10.6 Å². The molecule has 2 aliphatic carbocycles. The molecule has 2 unspecified atom stereocenters. The molecule has 0 spiro atoms. The number of hydrogen-bond acceptors (Lipinski definition) is 3. The topological polar surface area (TPSA) is 84.2 Å². The van der Waals surface area contributed by atoms with E-state index in [1.165, 1.54) is 31.5 Å². The van der Waals surface area contributed by atoms with Gasteiger partial charge in [0.2, 0.25) is 5.91 Å². The van der Waals surface area contributed by atoms with Gasteiger partial charge in [0.1, 0.15) is 5.82 Å². The average Bonchev–Trinajstić information content (AvgIpc) is 2.49. The van der Waals surface area contributed by atoms with Gasteiger partial charge in [-0.25, -0.2) is 4.39 Å². The molecule has 2 amide bonds. The summed E-state index contributed by atoms with van der Waals surface area (Å²) in [6.45, 7) is 1.37. The van der Waals surface area contributed by atoms with Gasteiger partial charge < -0.3 is 16.4 Å². The van der Waals surface area contributed by atoms with Gasteiger partial charge in [-0.2, -0.15) is 0 Å². The second-order valence-electron chi connectivity index (χ2n) is 7.06. The van der Waals surface area contributed by atoms with Gasteiger partial charge in [-0.15, -0.1) is 0 Å².